The first-order chi connectivity index (χ1) is 7.72. The van der Waals surface area contributed by atoms with Crippen LogP contribution in [0.15, 0.2) is 45.5 Å². The molecule has 1 heterocycles. The Balaban J connectivity index is 2.41. The van der Waals surface area contributed by atoms with E-state index in [0.29, 0.717) is 0 Å². The van der Waals surface area contributed by atoms with Gasteiger partial charge in [-0.05, 0) is 49.4 Å². The zero-order valence-corrected chi connectivity index (χ0v) is 10.9. The van der Waals surface area contributed by atoms with Gasteiger partial charge in [0.2, 0.25) is 0 Å². The molecule has 1 aromatic carbocycles. The van der Waals surface area contributed by atoms with Crippen LogP contribution < -0.4 is 5.32 Å². The molecule has 0 aliphatic rings. The third-order valence-corrected chi connectivity index (χ3v) is 3.15. The fourth-order valence-electron chi connectivity index (χ4n) is 1.87. The van der Waals surface area contributed by atoms with Crippen molar-refractivity contribution in [2.75, 3.05) is 7.05 Å². The van der Waals surface area contributed by atoms with E-state index in [0.717, 1.165) is 10.2 Å². The second-order valence-electron chi connectivity index (χ2n) is 3.74. The number of aryl methyl sites for hydroxylation is 1. The Hall–Kier alpha value is -1.06. The van der Waals surface area contributed by atoms with Crippen LogP contribution in [-0.4, -0.2) is 7.05 Å². The monoisotopic (exact) mass is 279 g/mol. The number of nitrogens with one attached hydrogen (secondary N) is 1. The molecule has 0 bridgehead atoms. The summed E-state index contributed by atoms with van der Waals surface area (Å²) in [7, 11) is 1.94. The van der Waals surface area contributed by atoms with Gasteiger partial charge in [-0.1, -0.05) is 22.0 Å². The van der Waals surface area contributed by atoms with Gasteiger partial charge < -0.3 is 9.73 Å². The molecule has 0 amide bonds. The largest absolute Gasteiger partial charge is 0.467 e. The third-order valence-electron chi connectivity index (χ3n) is 2.66. The van der Waals surface area contributed by atoms with Gasteiger partial charge in [-0.15, -0.1) is 0 Å². The van der Waals surface area contributed by atoms with Crippen molar-refractivity contribution >= 4 is 15.9 Å². The first-order valence-electron chi connectivity index (χ1n) is 5.19. The quantitative estimate of drug-likeness (QED) is 0.928. The zero-order chi connectivity index (χ0) is 11.5. The van der Waals surface area contributed by atoms with Crippen molar-refractivity contribution in [1.29, 1.82) is 0 Å². The summed E-state index contributed by atoms with van der Waals surface area (Å²) in [6, 6.07) is 10.3. The highest BCUT2D eigenvalue weighted by Gasteiger charge is 2.16. The lowest BCUT2D eigenvalue weighted by Crippen LogP contribution is -2.18. The van der Waals surface area contributed by atoms with Crippen LogP contribution in [0, 0.1) is 6.92 Å². The van der Waals surface area contributed by atoms with E-state index in [1.807, 2.05) is 19.2 Å². The van der Waals surface area contributed by atoms with E-state index in [-0.39, 0.29) is 6.04 Å². The van der Waals surface area contributed by atoms with E-state index in [9.17, 15) is 0 Å². The molecule has 0 aliphatic carbocycles. The molecule has 1 aromatic heterocycles. The van der Waals surface area contributed by atoms with Crippen molar-refractivity contribution in [2.45, 2.75) is 13.0 Å². The van der Waals surface area contributed by atoms with Crippen molar-refractivity contribution in [1.82, 2.24) is 5.32 Å². The van der Waals surface area contributed by atoms with E-state index in [1.54, 1.807) is 6.26 Å². The molecule has 2 aromatic rings. The number of furan rings is 1. The number of benzene rings is 1. The van der Waals surface area contributed by atoms with E-state index < -0.39 is 0 Å². The molecule has 0 radical (unpaired) electrons. The Bertz CT molecular complexity index is 465. The average molecular weight is 280 g/mol. The Morgan fingerprint density at radius 2 is 2.12 bits per heavy atom. The van der Waals surface area contributed by atoms with Crippen LogP contribution in [0.5, 0.6) is 0 Å². The summed E-state index contributed by atoms with van der Waals surface area (Å²) >= 11 is 3.47. The van der Waals surface area contributed by atoms with Gasteiger partial charge in [0, 0.05) is 4.47 Å². The molecular weight excluding hydrogens is 266 g/mol. The highest BCUT2D eigenvalue weighted by atomic mass is 79.9. The van der Waals surface area contributed by atoms with Crippen LogP contribution in [0.4, 0.5) is 0 Å². The maximum atomic E-state index is 5.45. The standard InChI is InChI=1S/C13H14BrNO/c1-9-8-10(14)5-6-11(9)13(15-2)12-4-3-7-16-12/h3-8,13,15H,1-2H3. The van der Waals surface area contributed by atoms with Crippen LogP contribution in [-0.2, 0) is 0 Å². The summed E-state index contributed by atoms with van der Waals surface area (Å²) in [6.45, 7) is 2.10. The highest BCUT2D eigenvalue weighted by Crippen LogP contribution is 2.26. The topological polar surface area (TPSA) is 25.2 Å². The molecule has 16 heavy (non-hydrogen) atoms. The van der Waals surface area contributed by atoms with E-state index >= 15 is 0 Å². The van der Waals surface area contributed by atoms with Crippen LogP contribution in [0.1, 0.15) is 22.9 Å². The molecule has 1 N–H and O–H groups in total. The molecule has 0 aliphatic heterocycles. The van der Waals surface area contributed by atoms with E-state index in [2.05, 4.69) is 46.4 Å². The van der Waals surface area contributed by atoms with Gasteiger partial charge in [0.05, 0.1) is 12.3 Å². The van der Waals surface area contributed by atoms with Crippen molar-refractivity contribution in [3.63, 3.8) is 0 Å². The lowest BCUT2D eigenvalue weighted by Gasteiger charge is -2.16. The molecule has 84 valence electrons. The predicted octanol–water partition coefficient (Wildman–Crippen LogP) is 3.66. The normalized spacial score (nSPS) is 12.7. The molecule has 1 unspecified atom stereocenters. The van der Waals surface area contributed by atoms with Crippen molar-refractivity contribution in [3.05, 3.63) is 58.0 Å². The highest BCUT2D eigenvalue weighted by molar-refractivity contribution is 9.10. The second kappa shape index (κ2) is 4.85. The fourth-order valence-corrected chi connectivity index (χ4v) is 2.35. The third kappa shape index (κ3) is 2.20. The van der Waals surface area contributed by atoms with E-state index in [1.165, 1.54) is 11.1 Å². The maximum absolute atomic E-state index is 5.45. The summed E-state index contributed by atoms with van der Waals surface area (Å²) in [5, 5.41) is 3.27. The van der Waals surface area contributed by atoms with Gasteiger partial charge in [0.25, 0.3) is 0 Å². The minimum absolute atomic E-state index is 0.114. The van der Waals surface area contributed by atoms with Gasteiger partial charge in [-0.3, -0.25) is 0 Å². The fraction of sp³-hybridized carbons (Fsp3) is 0.231. The number of hydrogen-bond donors (Lipinski definition) is 1. The average Bonchev–Trinajstić information content (AvgIpc) is 2.75. The summed E-state index contributed by atoms with van der Waals surface area (Å²) < 4.78 is 6.55. The summed E-state index contributed by atoms with van der Waals surface area (Å²) in [5.41, 5.74) is 2.48. The molecule has 0 saturated carbocycles. The summed E-state index contributed by atoms with van der Waals surface area (Å²) in [4.78, 5) is 0. The number of hydrogen-bond acceptors (Lipinski definition) is 2. The maximum Gasteiger partial charge on any atom is 0.125 e. The summed E-state index contributed by atoms with van der Waals surface area (Å²) in [6.07, 6.45) is 1.70. The zero-order valence-electron chi connectivity index (χ0n) is 9.33. The molecule has 0 fully saturated rings. The van der Waals surface area contributed by atoms with Crippen molar-refractivity contribution in [2.24, 2.45) is 0 Å². The van der Waals surface area contributed by atoms with E-state index in [4.69, 9.17) is 4.42 Å². The molecule has 0 saturated heterocycles. The molecule has 1 atom stereocenters. The SMILES string of the molecule is CNC(c1ccco1)c1ccc(Br)cc1C. The van der Waals surface area contributed by atoms with Crippen LogP contribution in [0.3, 0.4) is 0 Å². The lowest BCUT2D eigenvalue weighted by molar-refractivity contribution is 0.462. The van der Waals surface area contributed by atoms with Crippen LogP contribution in [0.25, 0.3) is 0 Å². The number of halogens is 1. The van der Waals surface area contributed by atoms with Gasteiger partial charge in [0.1, 0.15) is 5.76 Å². The molecule has 2 nitrogen and oxygen atoms in total. The first kappa shape index (κ1) is 11.4. The molecule has 0 spiro atoms. The summed E-state index contributed by atoms with van der Waals surface area (Å²) in [5.74, 6) is 0.938. The molecular formula is C13H14BrNO. The minimum Gasteiger partial charge on any atom is -0.467 e. The van der Waals surface area contributed by atoms with Crippen molar-refractivity contribution in [3.8, 4) is 0 Å². The Kier molecular flexibility index (Phi) is 3.46. The van der Waals surface area contributed by atoms with Gasteiger partial charge in [-0.25, -0.2) is 0 Å². The Morgan fingerprint density at radius 3 is 2.69 bits per heavy atom. The van der Waals surface area contributed by atoms with Gasteiger partial charge in [0.15, 0.2) is 0 Å². The lowest BCUT2D eigenvalue weighted by atomic mass is 10.00. The van der Waals surface area contributed by atoms with Gasteiger partial charge in [-0.2, -0.15) is 0 Å². The second-order valence-corrected chi connectivity index (χ2v) is 4.65. The van der Waals surface area contributed by atoms with Gasteiger partial charge >= 0.3 is 0 Å². The molecule has 3 heteroatoms. The smallest absolute Gasteiger partial charge is 0.125 e. The van der Waals surface area contributed by atoms with Crippen LogP contribution in [0.2, 0.25) is 0 Å². The number of rotatable bonds is 3. The first-order valence-corrected chi connectivity index (χ1v) is 5.98. The molecule has 2 rings (SSSR count). The predicted molar refractivity (Wildman–Crippen MR) is 68.5 cm³/mol. The minimum atomic E-state index is 0.114. The Morgan fingerprint density at radius 1 is 1.31 bits per heavy atom. The Labute approximate surface area is 104 Å². The van der Waals surface area contributed by atoms with Crippen LogP contribution >= 0.6 is 15.9 Å². The van der Waals surface area contributed by atoms with Crippen molar-refractivity contribution < 1.29 is 4.42 Å².